The molecule has 0 unspecified atom stereocenters. The summed E-state index contributed by atoms with van der Waals surface area (Å²) in [6.45, 7) is 4.27. The van der Waals surface area contributed by atoms with Gasteiger partial charge in [-0.15, -0.1) is 6.58 Å². The van der Waals surface area contributed by atoms with Crippen molar-refractivity contribution < 1.29 is 17.1 Å². The fourth-order valence-corrected chi connectivity index (χ4v) is 1.03. The van der Waals surface area contributed by atoms with Crippen molar-refractivity contribution in [3.8, 4) is 0 Å². The second kappa shape index (κ2) is 11.4. The first-order valence-electron chi connectivity index (χ1n) is 4.92. The Hall–Kier alpha value is -0.0705. The SMILES string of the molecule is C=CCN=C[C]1[CH][CH][CH][CH]1.[CH]1[CH][CH][CH][CH]1.[Fe+2]. The Kier molecular flexibility index (Phi) is 11.4. The molecular formula is C14H15FeN+2. The summed E-state index contributed by atoms with van der Waals surface area (Å²) in [5.74, 6) is 1.15. The molecular weight excluding hydrogens is 238 g/mol. The molecule has 2 aliphatic rings. The summed E-state index contributed by atoms with van der Waals surface area (Å²) in [7, 11) is 0. The molecule has 82 valence electrons. The molecule has 0 spiro atoms. The molecule has 2 aliphatic carbocycles. The summed E-state index contributed by atoms with van der Waals surface area (Å²) in [5.41, 5.74) is 0. The first-order valence-corrected chi connectivity index (χ1v) is 4.92. The molecule has 0 aromatic rings. The molecule has 16 heavy (non-hydrogen) atoms. The Morgan fingerprint density at radius 1 is 0.938 bits per heavy atom. The van der Waals surface area contributed by atoms with Crippen LogP contribution in [0.25, 0.3) is 0 Å². The Labute approximate surface area is 111 Å². The Balaban J connectivity index is 0.000000318. The van der Waals surface area contributed by atoms with E-state index < -0.39 is 0 Å². The molecule has 0 aromatic carbocycles. The largest absolute Gasteiger partial charge is 2.00 e. The quantitative estimate of drug-likeness (QED) is 0.416. The zero-order chi connectivity index (χ0) is 10.8. The zero-order valence-electron chi connectivity index (χ0n) is 9.07. The van der Waals surface area contributed by atoms with E-state index in [0.29, 0.717) is 6.54 Å². The summed E-state index contributed by atoms with van der Waals surface area (Å²) in [5, 5.41) is 0. The van der Waals surface area contributed by atoms with E-state index in [2.05, 4.69) is 11.6 Å². The van der Waals surface area contributed by atoms with Crippen LogP contribution in [0.2, 0.25) is 0 Å². The fourth-order valence-electron chi connectivity index (χ4n) is 1.03. The van der Waals surface area contributed by atoms with Crippen LogP contribution in [0.5, 0.6) is 0 Å². The van der Waals surface area contributed by atoms with E-state index in [1.54, 1.807) is 6.08 Å². The van der Waals surface area contributed by atoms with Gasteiger partial charge in [-0.25, -0.2) is 0 Å². The van der Waals surface area contributed by atoms with Gasteiger partial charge in [0.15, 0.2) is 0 Å². The third-order valence-corrected chi connectivity index (χ3v) is 1.72. The van der Waals surface area contributed by atoms with Gasteiger partial charge in [0.05, 0.1) is 6.54 Å². The zero-order valence-corrected chi connectivity index (χ0v) is 10.2. The minimum Gasteiger partial charge on any atom is -0.293 e. The molecule has 0 heterocycles. The smallest absolute Gasteiger partial charge is 0.293 e. The van der Waals surface area contributed by atoms with Crippen molar-refractivity contribution in [3.63, 3.8) is 0 Å². The third-order valence-electron chi connectivity index (χ3n) is 1.72. The maximum atomic E-state index is 4.09. The maximum absolute atomic E-state index is 4.09. The molecule has 0 bridgehead atoms. The van der Waals surface area contributed by atoms with E-state index >= 15 is 0 Å². The molecule has 0 atom stereocenters. The van der Waals surface area contributed by atoms with Crippen molar-refractivity contribution in [2.24, 2.45) is 4.99 Å². The van der Waals surface area contributed by atoms with Gasteiger partial charge in [0.2, 0.25) is 0 Å². The Morgan fingerprint density at radius 3 is 1.88 bits per heavy atom. The number of aliphatic imine (C=N–C) groups is 1. The first-order chi connectivity index (χ1) is 7.43. The molecule has 2 fully saturated rings. The van der Waals surface area contributed by atoms with E-state index in [-0.39, 0.29) is 17.1 Å². The van der Waals surface area contributed by atoms with E-state index in [1.165, 1.54) is 0 Å². The Morgan fingerprint density at radius 2 is 1.44 bits per heavy atom. The van der Waals surface area contributed by atoms with Gasteiger partial charge < -0.3 is 0 Å². The van der Waals surface area contributed by atoms with Crippen LogP contribution in [-0.2, 0) is 17.1 Å². The van der Waals surface area contributed by atoms with Crippen LogP contribution < -0.4 is 0 Å². The average molecular weight is 253 g/mol. The van der Waals surface area contributed by atoms with Crippen molar-refractivity contribution in [1.82, 2.24) is 0 Å². The van der Waals surface area contributed by atoms with Crippen LogP contribution in [0, 0.1) is 63.7 Å². The fraction of sp³-hybridized carbons (Fsp3) is 0.0714. The second-order valence-electron chi connectivity index (χ2n) is 2.96. The Bertz CT molecular complexity index is 172. The maximum Gasteiger partial charge on any atom is 2.00 e. The molecule has 2 saturated carbocycles. The standard InChI is InChI=1S/C9H10N.C5H5.Fe/c1-2-7-10-8-9-5-3-4-6-9;1-2-4-5-3-1;/h2-6,8H,1,7H2;1-5H;/q;;+2. The summed E-state index contributed by atoms with van der Waals surface area (Å²) < 4.78 is 0. The second-order valence-corrected chi connectivity index (χ2v) is 2.96. The topological polar surface area (TPSA) is 12.4 Å². The predicted octanol–water partition coefficient (Wildman–Crippen LogP) is 2.67. The molecule has 0 amide bonds. The average Bonchev–Trinajstić information content (AvgIpc) is 2.94. The van der Waals surface area contributed by atoms with Gasteiger partial charge in [-0.3, -0.25) is 4.99 Å². The summed E-state index contributed by atoms with van der Waals surface area (Å²) in [6, 6.07) is 0. The van der Waals surface area contributed by atoms with Crippen molar-refractivity contribution >= 4 is 6.21 Å². The summed E-state index contributed by atoms with van der Waals surface area (Å²) >= 11 is 0. The van der Waals surface area contributed by atoms with Crippen LogP contribution in [-0.4, -0.2) is 12.8 Å². The molecule has 0 aliphatic heterocycles. The molecule has 0 N–H and O–H groups in total. The van der Waals surface area contributed by atoms with Gasteiger partial charge in [-0.1, -0.05) is 6.08 Å². The molecule has 10 radical (unpaired) electrons. The van der Waals surface area contributed by atoms with E-state index in [0.717, 1.165) is 5.92 Å². The molecule has 2 rings (SSSR count). The van der Waals surface area contributed by atoms with E-state index in [1.807, 2.05) is 64.0 Å². The van der Waals surface area contributed by atoms with Gasteiger partial charge in [-0.2, -0.15) is 0 Å². The monoisotopic (exact) mass is 253 g/mol. The van der Waals surface area contributed by atoms with Gasteiger partial charge in [0, 0.05) is 12.1 Å². The van der Waals surface area contributed by atoms with Crippen LogP contribution in [0.3, 0.4) is 0 Å². The van der Waals surface area contributed by atoms with Crippen LogP contribution >= 0.6 is 0 Å². The van der Waals surface area contributed by atoms with Gasteiger partial charge in [0.25, 0.3) is 0 Å². The normalized spacial score (nSPS) is 20.2. The molecule has 2 heteroatoms. The van der Waals surface area contributed by atoms with Crippen LogP contribution in [0.4, 0.5) is 0 Å². The predicted molar refractivity (Wildman–Crippen MR) is 65.5 cm³/mol. The van der Waals surface area contributed by atoms with E-state index in [9.17, 15) is 0 Å². The minimum atomic E-state index is 0. The van der Waals surface area contributed by atoms with Gasteiger partial charge >= 0.3 is 17.1 Å². The van der Waals surface area contributed by atoms with Crippen LogP contribution in [0.1, 0.15) is 0 Å². The van der Waals surface area contributed by atoms with Crippen molar-refractivity contribution in [2.75, 3.05) is 6.54 Å². The number of rotatable bonds is 3. The van der Waals surface area contributed by atoms with Crippen molar-refractivity contribution in [1.29, 1.82) is 0 Å². The summed E-state index contributed by atoms with van der Waals surface area (Å²) in [4.78, 5) is 4.09. The first kappa shape index (κ1) is 15.9. The number of hydrogen-bond donors (Lipinski definition) is 0. The molecule has 0 saturated heterocycles. The van der Waals surface area contributed by atoms with Crippen LogP contribution in [0.15, 0.2) is 17.6 Å². The van der Waals surface area contributed by atoms with Crippen molar-refractivity contribution in [2.45, 2.75) is 0 Å². The number of hydrogen-bond acceptors (Lipinski definition) is 1. The number of nitrogens with zero attached hydrogens (tertiary/aromatic N) is 1. The molecule has 1 nitrogen and oxygen atoms in total. The minimum absolute atomic E-state index is 0. The van der Waals surface area contributed by atoms with Gasteiger partial charge in [0.1, 0.15) is 0 Å². The van der Waals surface area contributed by atoms with Crippen molar-refractivity contribution in [3.05, 3.63) is 76.4 Å². The molecule has 0 aromatic heterocycles. The van der Waals surface area contributed by atoms with Gasteiger partial charge in [-0.05, 0) is 57.8 Å². The third kappa shape index (κ3) is 8.12. The summed E-state index contributed by atoms with van der Waals surface area (Å²) in [6.07, 6.45) is 21.7. The van der Waals surface area contributed by atoms with E-state index in [4.69, 9.17) is 0 Å².